The first kappa shape index (κ1) is 29.0. The molecule has 30 heavy (non-hydrogen) atoms. The van der Waals surface area contributed by atoms with Gasteiger partial charge in [0.05, 0.1) is 24.5 Å². The van der Waals surface area contributed by atoms with Gasteiger partial charge in [-0.2, -0.15) is 0 Å². The normalized spacial score (nSPS) is 21.0. The van der Waals surface area contributed by atoms with Crippen molar-refractivity contribution < 1.29 is 79.5 Å². The Bertz CT molecular complexity index is 594. The van der Waals surface area contributed by atoms with Gasteiger partial charge in [-0.1, -0.05) is 0 Å². The molecule has 12 nitrogen and oxygen atoms in total. The first-order chi connectivity index (χ1) is 13.6. The second-order valence-electron chi connectivity index (χ2n) is 7.12. The number of carbonyl (C=O) groups excluding carboxylic acids is 3. The van der Waals surface area contributed by atoms with Crippen LogP contribution in [-0.2, 0) is 19.2 Å². The molecule has 1 aliphatic heterocycles. The molecule has 1 atom stereocenters. The van der Waals surface area contributed by atoms with E-state index in [0.717, 1.165) is 0 Å². The molecular weight excluding hydrogens is 545 g/mol. The Morgan fingerprint density at radius 3 is 1.50 bits per heavy atom. The van der Waals surface area contributed by atoms with Crippen LogP contribution in [0, 0.1) is 39.9 Å². The van der Waals surface area contributed by atoms with Crippen LogP contribution in [0.15, 0.2) is 0 Å². The molecule has 0 aromatic carbocycles. The van der Waals surface area contributed by atoms with E-state index in [0.29, 0.717) is 0 Å². The standard InChI is InChI=1S/C17H30N4O8.Gd/c1-13-8-20(11-16(26)27)5-4-18(9-14(22)23)2-3-19(10-15(24)25)6-7-21(13)12-17(28)29;/h13H,2-12H2,1H3,(H,22,23)(H,24,25)(H,26,27)(H,28,29);/q;+3/p-3. The zero-order valence-electron chi connectivity index (χ0n) is 16.8. The monoisotopic (exact) mass is 573 g/mol. The summed E-state index contributed by atoms with van der Waals surface area (Å²) < 4.78 is 0. The predicted molar refractivity (Wildman–Crippen MR) is 93.0 cm³/mol. The second-order valence-corrected chi connectivity index (χ2v) is 7.12. The third-order valence-corrected chi connectivity index (χ3v) is 4.71. The molecule has 0 amide bonds. The Hall–Kier alpha value is -0.955. The van der Waals surface area contributed by atoms with Gasteiger partial charge < -0.3 is 34.8 Å². The zero-order chi connectivity index (χ0) is 22.0. The van der Waals surface area contributed by atoms with Crippen molar-refractivity contribution in [1.29, 1.82) is 0 Å². The van der Waals surface area contributed by atoms with E-state index in [1.54, 1.807) is 26.5 Å². The molecule has 13 heteroatoms. The number of rotatable bonds is 8. The van der Waals surface area contributed by atoms with E-state index in [-0.39, 0.29) is 118 Å². The van der Waals surface area contributed by atoms with E-state index >= 15 is 0 Å². The van der Waals surface area contributed by atoms with Crippen LogP contribution in [0.2, 0.25) is 0 Å². The molecule has 0 bridgehead atoms. The van der Waals surface area contributed by atoms with Crippen molar-refractivity contribution in [3.05, 3.63) is 0 Å². The summed E-state index contributed by atoms with van der Waals surface area (Å²) >= 11 is 0. The Morgan fingerprint density at radius 2 is 1.10 bits per heavy atom. The molecule has 171 valence electrons. The van der Waals surface area contributed by atoms with Gasteiger partial charge in [-0.05, 0) is 6.92 Å². The molecule has 1 rings (SSSR count). The number of hydrogen-bond donors (Lipinski definition) is 1. The summed E-state index contributed by atoms with van der Waals surface area (Å²) in [6, 6.07) is -0.343. The number of hydrogen-bond acceptors (Lipinski definition) is 11. The summed E-state index contributed by atoms with van der Waals surface area (Å²) in [5.74, 6) is -4.93. The molecule has 1 aliphatic rings. The van der Waals surface area contributed by atoms with E-state index in [4.69, 9.17) is 5.11 Å². The summed E-state index contributed by atoms with van der Waals surface area (Å²) in [7, 11) is 0. The first-order valence-electron chi connectivity index (χ1n) is 9.29. The van der Waals surface area contributed by atoms with Gasteiger partial charge in [0.2, 0.25) is 0 Å². The SMILES string of the molecule is CC1CN(CC(=O)[O-])CCN(CC(=O)[O-])CCN(CC(=O)[O-])CCN1CC(=O)O.[Gd+3]. The first-order valence-corrected chi connectivity index (χ1v) is 9.29. The van der Waals surface area contributed by atoms with Crippen molar-refractivity contribution in [2.45, 2.75) is 13.0 Å². The van der Waals surface area contributed by atoms with Crippen molar-refractivity contribution in [1.82, 2.24) is 19.6 Å². The number of carboxylic acid groups (broad SMARTS) is 4. The summed E-state index contributed by atoms with van der Waals surface area (Å²) in [5.41, 5.74) is 0. The summed E-state index contributed by atoms with van der Waals surface area (Å²) in [5, 5.41) is 42.3. The molecular formula is C17H27GdN4O8. The predicted octanol–water partition coefficient (Wildman–Crippen LogP) is -6.07. The molecule has 0 aliphatic carbocycles. The summed E-state index contributed by atoms with van der Waals surface area (Å²) in [6.07, 6.45) is 0. The molecule has 1 fully saturated rings. The molecule has 0 aromatic heterocycles. The van der Waals surface area contributed by atoms with Gasteiger partial charge in [0.25, 0.3) is 0 Å². The Balaban J connectivity index is 0.00000841. The number of aliphatic carboxylic acids is 4. The number of nitrogens with zero attached hydrogens (tertiary/aromatic N) is 4. The third-order valence-electron chi connectivity index (χ3n) is 4.71. The van der Waals surface area contributed by atoms with Crippen molar-refractivity contribution >= 4 is 23.9 Å². The average molecular weight is 573 g/mol. The van der Waals surface area contributed by atoms with Crippen LogP contribution in [0.5, 0.6) is 0 Å². The van der Waals surface area contributed by atoms with Crippen LogP contribution in [-0.4, -0.2) is 127 Å². The maximum absolute atomic E-state index is 11.2. The van der Waals surface area contributed by atoms with Crippen molar-refractivity contribution in [2.24, 2.45) is 0 Å². The Labute approximate surface area is 207 Å². The maximum Gasteiger partial charge on any atom is 3.00 e. The minimum atomic E-state index is -1.30. The fourth-order valence-electron chi connectivity index (χ4n) is 3.28. The van der Waals surface area contributed by atoms with Gasteiger partial charge in [-0.3, -0.25) is 24.4 Å². The quantitative estimate of drug-likeness (QED) is 0.292. The number of carbonyl (C=O) groups is 4. The van der Waals surface area contributed by atoms with E-state index in [1.165, 1.54) is 0 Å². The van der Waals surface area contributed by atoms with Gasteiger partial charge in [-0.15, -0.1) is 0 Å². The minimum Gasteiger partial charge on any atom is -0.549 e. The second kappa shape index (κ2) is 14.9. The molecule has 0 aromatic rings. The smallest absolute Gasteiger partial charge is 0.549 e. The van der Waals surface area contributed by atoms with Gasteiger partial charge in [0.15, 0.2) is 0 Å². The van der Waals surface area contributed by atoms with Gasteiger partial charge >= 0.3 is 45.9 Å². The van der Waals surface area contributed by atoms with Gasteiger partial charge in [0, 0.05) is 71.5 Å². The largest absolute Gasteiger partial charge is 3.00 e. The molecule has 0 spiro atoms. The maximum atomic E-state index is 11.2. The van der Waals surface area contributed by atoms with Gasteiger partial charge in [0.1, 0.15) is 0 Å². The van der Waals surface area contributed by atoms with Crippen molar-refractivity contribution in [2.75, 3.05) is 72.0 Å². The number of carboxylic acids is 4. The van der Waals surface area contributed by atoms with Crippen LogP contribution in [0.25, 0.3) is 0 Å². The Kier molecular flexibility index (Phi) is 14.5. The van der Waals surface area contributed by atoms with E-state index in [2.05, 4.69) is 0 Å². The molecule has 0 saturated carbocycles. The molecule has 1 saturated heterocycles. The molecule has 1 unspecified atom stereocenters. The molecule has 1 heterocycles. The fourth-order valence-corrected chi connectivity index (χ4v) is 3.28. The summed E-state index contributed by atoms with van der Waals surface area (Å²) in [6.45, 7) is 1.90. The van der Waals surface area contributed by atoms with Gasteiger partial charge in [-0.25, -0.2) is 0 Å². The Morgan fingerprint density at radius 1 is 0.733 bits per heavy atom. The van der Waals surface area contributed by atoms with Crippen molar-refractivity contribution in [3.8, 4) is 0 Å². The molecule has 1 radical (unpaired) electrons. The van der Waals surface area contributed by atoms with E-state index in [9.17, 15) is 34.5 Å². The average Bonchev–Trinajstić information content (AvgIpc) is 2.57. The third kappa shape index (κ3) is 12.7. The van der Waals surface area contributed by atoms with Crippen LogP contribution in [0.1, 0.15) is 6.92 Å². The zero-order valence-corrected chi connectivity index (χ0v) is 19.1. The summed E-state index contributed by atoms with van der Waals surface area (Å²) in [4.78, 5) is 50.6. The van der Waals surface area contributed by atoms with Crippen LogP contribution in [0.3, 0.4) is 0 Å². The van der Waals surface area contributed by atoms with E-state index in [1.807, 2.05) is 0 Å². The van der Waals surface area contributed by atoms with E-state index < -0.39 is 23.9 Å². The topological polar surface area (TPSA) is 171 Å². The minimum absolute atomic E-state index is 0. The van der Waals surface area contributed by atoms with Crippen molar-refractivity contribution in [3.63, 3.8) is 0 Å². The fraction of sp³-hybridized carbons (Fsp3) is 0.765. The van der Waals surface area contributed by atoms with Crippen LogP contribution in [0.4, 0.5) is 0 Å². The van der Waals surface area contributed by atoms with Crippen LogP contribution >= 0.6 is 0 Å². The van der Waals surface area contributed by atoms with Crippen LogP contribution < -0.4 is 15.3 Å². The molecule has 1 N–H and O–H groups in total.